The van der Waals surface area contributed by atoms with Crippen LogP contribution in [-0.2, 0) is 13.0 Å². The summed E-state index contributed by atoms with van der Waals surface area (Å²) in [5, 5.41) is 13.2. The molecule has 2 heterocycles. The Morgan fingerprint density at radius 3 is 3.05 bits per heavy atom. The van der Waals surface area contributed by atoms with E-state index in [1.54, 1.807) is 0 Å². The number of aromatic nitrogens is 2. The molecule has 22 heavy (non-hydrogen) atoms. The van der Waals surface area contributed by atoms with Crippen LogP contribution in [0.25, 0.3) is 0 Å². The van der Waals surface area contributed by atoms with Gasteiger partial charge in [0, 0.05) is 30.8 Å². The van der Waals surface area contributed by atoms with Crippen molar-refractivity contribution in [1.29, 1.82) is 0 Å². The number of benzene rings is 1. The molecule has 3 rings (SSSR count). The summed E-state index contributed by atoms with van der Waals surface area (Å²) in [6, 6.07) is 7.39. The SMILES string of the molecule is CCOc1ccccc1NC(=O)c1n[nH]c2c1CNCC2.Cl. The van der Waals surface area contributed by atoms with E-state index in [2.05, 4.69) is 20.8 Å². The molecule has 0 saturated heterocycles. The minimum atomic E-state index is -0.219. The van der Waals surface area contributed by atoms with E-state index in [1.165, 1.54) is 0 Å². The Kier molecular flexibility index (Phi) is 5.41. The predicted molar refractivity (Wildman–Crippen MR) is 86.8 cm³/mol. The molecule has 7 heteroatoms. The number of carbonyl (C=O) groups excluding carboxylic acids is 1. The Hall–Kier alpha value is -2.05. The molecule has 3 N–H and O–H groups in total. The fourth-order valence-corrected chi connectivity index (χ4v) is 2.45. The highest BCUT2D eigenvalue weighted by Crippen LogP contribution is 2.25. The molecule has 6 nitrogen and oxygen atoms in total. The summed E-state index contributed by atoms with van der Waals surface area (Å²) < 4.78 is 5.51. The zero-order valence-electron chi connectivity index (χ0n) is 12.3. The quantitative estimate of drug-likeness (QED) is 0.805. The first-order valence-electron chi connectivity index (χ1n) is 7.09. The standard InChI is InChI=1S/C15H18N4O2.ClH/c1-2-21-13-6-4-3-5-12(13)17-15(20)14-10-9-16-8-7-11(10)18-19-14;/h3-6,16H,2,7-9H2,1H3,(H,17,20)(H,18,19);1H. The summed E-state index contributed by atoms with van der Waals surface area (Å²) in [6.45, 7) is 4.04. The molecule has 1 amide bonds. The molecular weight excluding hydrogens is 304 g/mol. The Bertz CT molecular complexity index is 657. The third-order valence-corrected chi connectivity index (χ3v) is 3.46. The highest BCUT2D eigenvalue weighted by molar-refractivity contribution is 6.04. The minimum Gasteiger partial charge on any atom is -0.492 e. The Balaban J connectivity index is 0.00000176. The molecule has 1 aromatic heterocycles. The molecule has 0 atom stereocenters. The average Bonchev–Trinajstić information content (AvgIpc) is 2.93. The third-order valence-electron chi connectivity index (χ3n) is 3.46. The lowest BCUT2D eigenvalue weighted by Crippen LogP contribution is -2.25. The maximum atomic E-state index is 12.4. The van der Waals surface area contributed by atoms with Crippen molar-refractivity contribution in [2.75, 3.05) is 18.5 Å². The van der Waals surface area contributed by atoms with E-state index in [0.29, 0.717) is 30.3 Å². The smallest absolute Gasteiger partial charge is 0.276 e. The van der Waals surface area contributed by atoms with Crippen LogP contribution in [0.2, 0.25) is 0 Å². The van der Waals surface area contributed by atoms with Crippen molar-refractivity contribution in [3.63, 3.8) is 0 Å². The number of ether oxygens (including phenoxy) is 1. The monoisotopic (exact) mass is 322 g/mol. The van der Waals surface area contributed by atoms with Crippen molar-refractivity contribution in [1.82, 2.24) is 15.5 Å². The lowest BCUT2D eigenvalue weighted by atomic mass is 10.1. The fraction of sp³-hybridized carbons (Fsp3) is 0.333. The molecule has 0 saturated carbocycles. The van der Waals surface area contributed by atoms with Crippen LogP contribution >= 0.6 is 12.4 Å². The molecule has 0 aliphatic carbocycles. The molecular formula is C15H19ClN4O2. The van der Waals surface area contributed by atoms with Gasteiger partial charge in [0.2, 0.25) is 0 Å². The second kappa shape index (κ2) is 7.29. The minimum absolute atomic E-state index is 0. The second-order valence-corrected chi connectivity index (χ2v) is 4.84. The molecule has 0 bridgehead atoms. The number of fused-ring (bicyclic) bond motifs is 1. The van der Waals surface area contributed by atoms with E-state index < -0.39 is 0 Å². The van der Waals surface area contributed by atoms with Crippen molar-refractivity contribution in [3.8, 4) is 5.75 Å². The van der Waals surface area contributed by atoms with Gasteiger partial charge in [0.1, 0.15) is 5.75 Å². The zero-order chi connectivity index (χ0) is 14.7. The number of anilines is 1. The van der Waals surface area contributed by atoms with Gasteiger partial charge in [-0.2, -0.15) is 5.10 Å². The number of amides is 1. The number of rotatable bonds is 4. The molecule has 118 valence electrons. The number of para-hydroxylation sites is 2. The van der Waals surface area contributed by atoms with Crippen LogP contribution in [0.3, 0.4) is 0 Å². The Morgan fingerprint density at radius 2 is 2.23 bits per heavy atom. The van der Waals surface area contributed by atoms with Gasteiger partial charge in [-0.3, -0.25) is 9.89 Å². The van der Waals surface area contributed by atoms with Gasteiger partial charge in [-0.05, 0) is 19.1 Å². The summed E-state index contributed by atoms with van der Waals surface area (Å²) in [4.78, 5) is 12.4. The number of carbonyl (C=O) groups is 1. The lowest BCUT2D eigenvalue weighted by molar-refractivity contribution is 0.102. The first-order valence-corrected chi connectivity index (χ1v) is 7.09. The van der Waals surface area contributed by atoms with Gasteiger partial charge in [0.25, 0.3) is 5.91 Å². The number of halogens is 1. The van der Waals surface area contributed by atoms with Crippen LogP contribution in [-0.4, -0.2) is 29.3 Å². The predicted octanol–water partition coefficient (Wildman–Crippen LogP) is 2.13. The van der Waals surface area contributed by atoms with Gasteiger partial charge in [0.05, 0.1) is 12.3 Å². The first kappa shape index (κ1) is 16.3. The van der Waals surface area contributed by atoms with E-state index in [1.807, 2.05) is 31.2 Å². The van der Waals surface area contributed by atoms with Crippen molar-refractivity contribution in [3.05, 3.63) is 41.2 Å². The largest absolute Gasteiger partial charge is 0.492 e. The average molecular weight is 323 g/mol. The van der Waals surface area contributed by atoms with Gasteiger partial charge >= 0.3 is 0 Å². The molecule has 0 spiro atoms. The molecule has 1 aliphatic rings. The first-order chi connectivity index (χ1) is 10.3. The molecule has 1 aliphatic heterocycles. The third kappa shape index (κ3) is 3.23. The molecule has 0 unspecified atom stereocenters. The lowest BCUT2D eigenvalue weighted by Gasteiger charge is -2.14. The van der Waals surface area contributed by atoms with Crippen LogP contribution in [0.1, 0.15) is 28.7 Å². The number of H-pyrrole nitrogens is 1. The van der Waals surface area contributed by atoms with Crippen molar-refractivity contribution < 1.29 is 9.53 Å². The van der Waals surface area contributed by atoms with Crippen LogP contribution in [0.5, 0.6) is 5.75 Å². The summed E-state index contributed by atoms with van der Waals surface area (Å²) in [5.74, 6) is 0.444. The van der Waals surface area contributed by atoms with Gasteiger partial charge < -0.3 is 15.4 Å². The Labute approximate surface area is 135 Å². The maximum Gasteiger partial charge on any atom is 0.276 e. The highest BCUT2D eigenvalue weighted by atomic mass is 35.5. The number of hydrogen-bond donors (Lipinski definition) is 3. The number of nitrogens with one attached hydrogen (secondary N) is 3. The van der Waals surface area contributed by atoms with Crippen LogP contribution in [0.15, 0.2) is 24.3 Å². The van der Waals surface area contributed by atoms with E-state index in [-0.39, 0.29) is 18.3 Å². The van der Waals surface area contributed by atoms with E-state index in [9.17, 15) is 4.79 Å². The molecule has 1 aromatic carbocycles. The summed E-state index contributed by atoms with van der Waals surface area (Å²) >= 11 is 0. The van der Waals surface area contributed by atoms with Gasteiger partial charge in [-0.15, -0.1) is 12.4 Å². The van der Waals surface area contributed by atoms with Crippen LogP contribution in [0.4, 0.5) is 5.69 Å². The summed E-state index contributed by atoms with van der Waals surface area (Å²) in [7, 11) is 0. The van der Waals surface area contributed by atoms with Crippen LogP contribution < -0.4 is 15.4 Å². The van der Waals surface area contributed by atoms with Gasteiger partial charge in [-0.1, -0.05) is 12.1 Å². The zero-order valence-corrected chi connectivity index (χ0v) is 13.1. The Morgan fingerprint density at radius 1 is 1.41 bits per heavy atom. The number of nitrogens with zero attached hydrogens (tertiary/aromatic N) is 1. The van der Waals surface area contributed by atoms with Gasteiger partial charge in [-0.25, -0.2) is 0 Å². The maximum absolute atomic E-state index is 12.4. The fourth-order valence-electron chi connectivity index (χ4n) is 2.45. The van der Waals surface area contributed by atoms with Crippen molar-refractivity contribution >= 4 is 24.0 Å². The number of aromatic amines is 1. The second-order valence-electron chi connectivity index (χ2n) is 4.84. The van der Waals surface area contributed by atoms with Gasteiger partial charge in [0.15, 0.2) is 5.69 Å². The molecule has 0 fully saturated rings. The topological polar surface area (TPSA) is 79.0 Å². The van der Waals surface area contributed by atoms with E-state index in [0.717, 1.165) is 24.2 Å². The highest BCUT2D eigenvalue weighted by Gasteiger charge is 2.22. The summed E-state index contributed by atoms with van der Waals surface area (Å²) in [6.07, 6.45) is 0.866. The summed E-state index contributed by atoms with van der Waals surface area (Å²) in [5.41, 5.74) is 3.10. The number of hydrogen-bond acceptors (Lipinski definition) is 4. The van der Waals surface area contributed by atoms with Crippen molar-refractivity contribution in [2.24, 2.45) is 0 Å². The van der Waals surface area contributed by atoms with Crippen molar-refractivity contribution in [2.45, 2.75) is 19.9 Å². The van der Waals surface area contributed by atoms with E-state index in [4.69, 9.17) is 4.74 Å². The van der Waals surface area contributed by atoms with Crippen LogP contribution in [0, 0.1) is 0 Å². The molecule has 2 aromatic rings. The normalized spacial score (nSPS) is 13.0. The molecule has 0 radical (unpaired) electrons. The van der Waals surface area contributed by atoms with E-state index >= 15 is 0 Å².